The van der Waals surface area contributed by atoms with Crippen LogP contribution in [0, 0.1) is 0 Å². The quantitative estimate of drug-likeness (QED) is 0.169. The molecule has 2 unspecified atom stereocenters. The molecule has 1 aliphatic rings. The van der Waals surface area contributed by atoms with E-state index in [1.54, 1.807) is 6.20 Å². The Morgan fingerprint density at radius 1 is 0.900 bits per heavy atom. The van der Waals surface area contributed by atoms with Crippen LogP contribution in [0.25, 0.3) is 0 Å². The molecule has 1 rings (SSSR count). The van der Waals surface area contributed by atoms with Crippen LogP contribution in [-0.4, -0.2) is 34.1 Å². The van der Waals surface area contributed by atoms with Gasteiger partial charge in [0.1, 0.15) is 12.4 Å². The molecule has 0 bridgehead atoms. The number of hydrogen-bond acceptors (Lipinski definition) is 3. The zero-order chi connectivity index (χ0) is 22.1. The van der Waals surface area contributed by atoms with Crippen molar-refractivity contribution in [1.82, 2.24) is 0 Å². The SMILES string of the molecule is CCCCCCCCCCCCCCCCCCC1=NC=C[N+]1(CC(=O)O)C(C)N. The molecule has 0 saturated heterocycles. The molecule has 0 aromatic heterocycles. The van der Waals surface area contributed by atoms with Crippen molar-refractivity contribution < 1.29 is 14.4 Å². The number of aliphatic imine (C=N–C) groups is 1. The van der Waals surface area contributed by atoms with Gasteiger partial charge in [-0.05, 0) is 6.42 Å². The lowest BCUT2D eigenvalue weighted by molar-refractivity contribution is -0.805. The van der Waals surface area contributed by atoms with Crippen molar-refractivity contribution >= 4 is 11.8 Å². The largest absolute Gasteiger partial charge is 0.477 e. The van der Waals surface area contributed by atoms with E-state index in [1.807, 2.05) is 13.1 Å². The third-order valence-electron chi connectivity index (χ3n) is 6.41. The highest BCUT2D eigenvalue weighted by Gasteiger charge is 2.40. The highest BCUT2D eigenvalue weighted by Crippen LogP contribution is 2.23. The van der Waals surface area contributed by atoms with Crippen LogP contribution in [0.1, 0.15) is 123 Å². The van der Waals surface area contributed by atoms with Crippen molar-refractivity contribution in [3.8, 4) is 0 Å². The number of hydrogen-bond donors (Lipinski definition) is 2. The van der Waals surface area contributed by atoms with E-state index in [-0.39, 0.29) is 17.2 Å². The van der Waals surface area contributed by atoms with Crippen molar-refractivity contribution in [2.24, 2.45) is 10.7 Å². The summed E-state index contributed by atoms with van der Waals surface area (Å²) in [6, 6.07) is 0. The fourth-order valence-electron chi connectivity index (χ4n) is 4.42. The second kappa shape index (κ2) is 16.5. The lowest BCUT2D eigenvalue weighted by Crippen LogP contribution is -2.59. The van der Waals surface area contributed by atoms with Gasteiger partial charge in [0, 0.05) is 13.3 Å². The summed E-state index contributed by atoms with van der Waals surface area (Å²) in [5.41, 5.74) is 6.11. The van der Waals surface area contributed by atoms with Gasteiger partial charge in [0.05, 0.1) is 6.20 Å². The maximum Gasteiger partial charge on any atom is 0.360 e. The molecule has 0 aliphatic carbocycles. The number of amidine groups is 1. The van der Waals surface area contributed by atoms with Crippen LogP contribution in [0.5, 0.6) is 0 Å². The average Bonchev–Trinajstić information content (AvgIpc) is 3.10. The number of rotatable bonds is 20. The standard InChI is InChI=1S/C25H47N3O2/c1-3-4-5-6-7-8-9-10-11-12-13-14-15-16-17-18-19-24-27-20-21-28(24,23(2)26)22-25(29)30/h20-21,23H,3-19,22,26H2,1-2H3/p+1. The van der Waals surface area contributed by atoms with E-state index in [0.29, 0.717) is 0 Å². The third kappa shape index (κ3) is 10.7. The number of carboxylic acid groups (broad SMARTS) is 1. The molecule has 0 saturated carbocycles. The first-order valence-corrected chi connectivity index (χ1v) is 12.6. The molecule has 0 fully saturated rings. The van der Waals surface area contributed by atoms with Gasteiger partial charge in [-0.3, -0.25) is 5.73 Å². The summed E-state index contributed by atoms with van der Waals surface area (Å²) in [7, 11) is 0. The molecule has 1 heterocycles. The van der Waals surface area contributed by atoms with Crippen molar-refractivity contribution in [1.29, 1.82) is 0 Å². The van der Waals surface area contributed by atoms with Crippen molar-refractivity contribution in [2.75, 3.05) is 6.54 Å². The summed E-state index contributed by atoms with van der Waals surface area (Å²) < 4.78 is 0.175. The van der Waals surface area contributed by atoms with Crippen LogP contribution in [0.2, 0.25) is 0 Å². The van der Waals surface area contributed by atoms with Gasteiger partial charge >= 0.3 is 5.97 Å². The van der Waals surface area contributed by atoms with Crippen LogP contribution in [0.15, 0.2) is 17.4 Å². The molecule has 0 aromatic carbocycles. The lowest BCUT2D eigenvalue weighted by Gasteiger charge is -2.34. The van der Waals surface area contributed by atoms with Gasteiger partial charge < -0.3 is 5.11 Å². The summed E-state index contributed by atoms with van der Waals surface area (Å²) >= 11 is 0. The molecule has 0 radical (unpaired) electrons. The zero-order valence-corrected chi connectivity index (χ0v) is 19.8. The smallest absolute Gasteiger partial charge is 0.360 e. The minimum atomic E-state index is -0.835. The molecule has 0 amide bonds. The molecule has 0 spiro atoms. The predicted molar refractivity (Wildman–Crippen MR) is 127 cm³/mol. The normalized spacial score (nSPS) is 19.2. The number of quaternary nitrogens is 1. The molecule has 5 nitrogen and oxygen atoms in total. The number of nitrogens with zero attached hydrogens (tertiary/aromatic N) is 2. The Morgan fingerprint density at radius 2 is 1.33 bits per heavy atom. The molecule has 1 aliphatic heterocycles. The number of aliphatic carboxylic acids is 1. The van der Waals surface area contributed by atoms with Crippen LogP contribution < -0.4 is 5.73 Å². The van der Waals surface area contributed by atoms with E-state index in [2.05, 4.69) is 11.9 Å². The van der Waals surface area contributed by atoms with Crippen LogP contribution in [-0.2, 0) is 4.79 Å². The Balaban J connectivity index is 1.97. The first kappa shape index (κ1) is 26.8. The summed E-state index contributed by atoms with van der Waals surface area (Å²) in [5.74, 6) is 0.0660. The number of carboxylic acids is 1. The van der Waals surface area contributed by atoms with Crippen molar-refractivity contribution in [2.45, 2.75) is 129 Å². The maximum atomic E-state index is 11.3. The fourth-order valence-corrected chi connectivity index (χ4v) is 4.42. The van der Waals surface area contributed by atoms with Gasteiger partial charge in [-0.2, -0.15) is 0 Å². The molecule has 0 aromatic rings. The minimum Gasteiger partial charge on any atom is -0.477 e. The van der Waals surface area contributed by atoms with Gasteiger partial charge in [0.2, 0.25) is 5.84 Å². The average molecular weight is 423 g/mol. The monoisotopic (exact) mass is 422 g/mol. The Kier molecular flexibility index (Phi) is 14.7. The lowest BCUT2D eigenvalue weighted by atomic mass is 10.0. The fraction of sp³-hybridized carbons (Fsp3) is 0.840. The second-order valence-electron chi connectivity index (χ2n) is 9.12. The first-order valence-electron chi connectivity index (χ1n) is 12.6. The third-order valence-corrected chi connectivity index (χ3v) is 6.41. The summed E-state index contributed by atoms with van der Waals surface area (Å²) in [4.78, 5) is 15.7. The number of unbranched alkanes of at least 4 members (excludes halogenated alkanes) is 15. The molecule has 2 atom stereocenters. The second-order valence-corrected chi connectivity index (χ2v) is 9.12. The van der Waals surface area contributed by atoms with Crippen molar-refractivity contribution in [3.63, 3.8) is 0 Å². The van der Waals surface area contributed by atoms with E-state index in [4.69, 9.17) is 5.73 Å². The Morgan fingerprint density at radius 3 is 1.73 bits per heavy atom. The molecule has 174 valence electrons. The molecule has 30 heavy (non-hydrogen) atoms. The topological polar surface area (TPSA) is 75.7 Å². The van der Waals surface area contributed by atoms with E-state index >= 15 is 0 Å². The van der Waals surface area contributed by atoms with Gasteiger partial charge in [0.25, 0.3) is 0 Å². The van der Waals surface area contributed by atoms with Gasteiger partial charge in [-0.15, -0.1) is 0 Å². The Bertz CT molecular complexity index is 517. The molecular formula is C25H48N3O2+. The van der Waals surface area contributed by atoms with Gasteiger partial charge in [-0.1, -0.05) is 103 Å². The van der Waals surface area contributed by atoms with Crippen LogP contribution in [0.4, 0.5) is 0 Å². The summed E-state index contributed by atoms with van der Waals surface area (Å²) in [6.45, 7) is 4.12. The van der Waals surface area contributed by atoms with E-state index in [9.17, 15) is 9.90 Å². The highest BCUT2D eigenvalue weighted by molar-refractivity contribution is 5.81. The summed E-state index contributed by atoms with van der Waals surface area (Å²) in [5, 5.41) is 9.26. The molecular weight excluding hydrogens is 374 g/mol. The van der Waals surface area contributed by atoms with E-state index < -0.39 is 5.97 Å². The Labute approximate surface area is 185 Å². The number of carbonyl (C=O) groups is 1. The highest BCUT2D eigenvalue weighted by atomic mass is 16.4. The molecule has 3 N–H and O–H groups in total. The minimum absolute atomic E-state index is 0.0220. The van der Waals surface area contributed by atoms with E-state index in [0.717, 1.165) is 18.7 Å². The Hall–Kier alpha value is -1.20. The number of nitrogens with two attached hydrogens (primary N) is 1. The van der Waals surface area contributed by atoms with Crippen LogP contribution in [0.3, 0.4) is 0 Å². The molecule has 5 heteroatoms. The summed E-state index contributed by atoms with van der Waals surface area (Å²) in [6.07, 6.45) is 25.7. The van der Waals surface area contributed by atoms with Crippen LogP contribution >= 0.6 is 0 Å². The predicted octanol–water partition coefficient (Wildman–Crippen LogP) is 6.73. The zero-order valence-electron chi connectivity index (χ0n) is 19.8. The van der Waals surface area contributed by atoms with Gasteiger partial charge in [0.15, 0.2) is 6.54 Å². The maximum absolute atomic E-state index is 11.3. The first-order chi connectivity index (χ1) is 14.5. The van der Waals surface area contributed by atoms with E-state index in [1.165, 1.54) is 96.3 Å². The van der Waals surface area contributed by atoms with Gasteiger partial charge in [-0.25, -0.2) is 14.3 Å². The van der Waals surface area contributed by atoms with Crippen molar-refractivity contribution in [3.05, 3.63) is 12.4 Å².